The molecule has 0 amide bonds. The lowest BCUT2D eigenvalue weighted by molar-refractivity contribution is -0.116. The molecule has 0 aliphatic carbocycles. The Kier molecular flexibility index (Phi) is 7.65. The van der Waals surface area contributed by atoms with E-state index in [9.17, 15) is 4.79 Å². The van der Waals surface area contributed by atoms with Gasteiger partial charge in [-0.3, -0.25) is 0 Å². The monoisotopic (exact) mass is 227 g/mol. The number of hydrogen-bond donors (Lipinski definition) is 0. The Labute approximate surface area is 101 Å². The number of nitrogens with zero attached hydrogens (tertiary/aromatic N) is 1. The van der Waals surface area contributed by atoms with Crippen molar-refractivity contribution in [2.45, 2.75) is 53.9 Å². The molecule has 0 bridgehead atoms. The van der Waals surface area contributed by atoms with Gasteiger partial charge in [0.15, 0.2) is 0 Å². The van der Waals surface area contributed by atoms with Crippen LogP contribution in [0.5, 0.6) is 0 Å². The Balaban J connectivity index is 4.33. The molecule has 16 heavy (non-hydrogen) atoms. The smallest absolute Gasteiger partial charge is 0.127 e. The van der Waals surface area contributed by atoms with Gasteiger partial charge in [-0.1, -0.05) is 47.5 Å². The summed E-state index contributed by atoms with van der Waals surface area (Å²) in [6, 6.07) is 0. The zero-order chi connectivity index (χ0) is 12.6. The molecule has 0 fully saturated rings. The van der Waals surface area contributed by atoms with Crippen LogP contribution in [-0.4, -0.2) is 30.8 Å². The first-order valence-corrected chi connectivity index (χ1v) is 6.73. The van der Waals surface area contributed by atoms with E-state index in [4.69, 9.17) is 0 Å². The molecule has 0 saturated heterocycles. The maximum absolute atomic E-state index is 11.1. The van der Waals surface area contributed by atoms with Crippen LogP contribution in [0.2, 0.25) is 0 Å². The second-order valence-corrected chi connectivity index (χ2v) is 5.14. The van der Waals surface area contributed by atoms with E-state index in [1.54, 1.807) is 0 Å². The van der Waals surface area contributed by atoms with E-state index in [2.05, 4.69) is 39.5 Å². The highest BCUT2D eigenvalue weighted by atomic mass is 16.1. The molecule has 0 aromatic heterocycles. The van der Waals surface area contributed by atoms with E-state index in [1.165, 1.54) is 12.8 Å². The van der Waals surface area contributed by atoms with Gasteiger partial charge in [0.2, 0.25) is 0 Å². The minimum Gasteiger partial charge on any atom is -0.303 e. The summed E-state index contributed by atoms with van der Waals surface area (Å²) in [5, 5.41) is 0. The molecule has 0 spiro atoms. The SMILES string of the molecule is CCC(CC)CN(CC)CC(C)(C=O)CC. The summed E-state index contributed by atoms with van der Waals surface area (Å²) in [6.45, 7) is 13.9. The highest BCUT2D eigenvalue weighted by molar-refractivity contribution is 5.58. The van der Waals surface area contributed by atoms with Gasteiger partial charge in [-0.05, 0) is 18.9 Å². The van der Waals surface area contributed by atoms with E-state index < -0.39 is 0 Å². The van der Waals surface area contributed by atoms with E-state index in [1.807, 2.05) is 0 Å². The number of hydrogen-bond acceptors (Lipinski definition) is 2. The number of rotatable bonds is 9. The predicted molar refractivity (Wildman–Crippen MR) is 70.6 cm³/mol. The summed E-state index contributed by atoms with van der Waals surface area (Å²) in [5.74, 6) is 0.771. The average molecular weight is 227 g/mol. The third-order valence-corrected chi connectivity index (χ3v) is 3.80. The Morgan fingerprint density at radius 3 is 2.06 bits per heavy atom. The minimum absolute atomic E-state index is 0.165. The van der Waals surface area contributed by atoms with Gasteiger partial charge in [-0.15, -0.1) is 0 Å². The van der Waals surface area contributed by atoms with Crippen molar-refractivity contribution >= 4 is 6.29 Å². The lowest BCUT2D eigenvalue weighted by Gasteiger charge is -2.32. The van der Waals surface area contributed by atoms with Crippen molar-refractivity contribution in [2.75, 3.05) is 19.6 Å². The van der Waals surface area contributed by atoms with Crippen LogP contribution < -0.4 is 0 Å². The zero-order valence-corrected chi connectivity index (χ0v) is 11.8. The quantitative estimate of drug-likeness (QED) is 0.563. The summed E-state index contributed by atoms with van der Waals surface area (Å²) in [7, 11) is 0. The Hall–Kier alpha value is -0.370. The molecular weight excluding hydrogens is 198 g/mol. The fourth-order valence-corrected chi connectivity index (χ4v) is 1.96. The Morgan fingerprint density at radius 1 is 1.19 bits per heavy atom. The average Bonchev–Trinajstić information content (AvgIpc) is 2.34. The highest BCUT2D eigenvalue weighted by Crippen LogP contribution is 2.21. The van der Waals surface area contributed by atoms with Crippen LogP contribution in [0.15, 0.2) is 0 Å². The van der Waals surface area contributed by atoms with Crippen molar-refractivity contribution in [3.63, 3.8) is 0 Å². The van der Waals surface area contributed by atoms with Crippen molar-refractivity contribution in [3.8, 4) is 0 Å². The van der Waals surface area contributed by atoms with E-state index in [0.717, 1.165) is 38.3 Å². The summed E-state index contributed by atoms with van der Waals surface area (Å²) in [4.78, 5) is 13.5. The molecule has 0 aliphatic heterocycles. The van der Waals surface area contributed by atoms with Crippen LogP contribution in [0.25, 0.3) is 0 Å². The van der Waals surface area contributed by atoms with Gasteiger partial charge in [0.1, 0.15) is 6.29 Å². The van der Waals surface area contributed by atoms with Gasteiger partial charge in [0.05, 0.1) is 0 Å². The first-order valence-electron chi connectivity index (χ1n) is 6.73. The molecule has 0 aliphatic rings. The molecule has 1 unspecified atom stereocenters. The van der Waals surface area contributed by atoms with Gasteiger partial charge in [-0.25, -0.2) is 0 Å². The third kappa shape index (κ3) is 5.11. The van der Waals surface area contributed by atoms with Crippen molar-refractivity contribution in [3.05, 3.63) is 0 Å². The molecule has 0 aromatic carbocycles. The van der Waals surface area contributed by atoms with Crippen LogP contribution in [0.1, 0.15) is 53.9 Å². The molecule has 2 heteroatoms. The number of carbonyl (C=O) groups excluding carboxylic acids is 1. The van der Waals surface area contributed by atoms with Crippen molar-refractivity contribution in [2.24, 2.45) is 11.3 Å². The first kappa shape index (κ1) is 15.6. The van der Waals surface area contributed by atoms with Gasteiger partial charge in [0, 0.05) is 18.5 Å². The van der Waals surface area contributed by atoms with Gasteiger partial charge in [0.25, 0.3) is 0 Å². The first-order chi connectivity index (χ1) is 7.55. The lowest BCUT2D eigenvalue weighted by atomic mass is 9.88. The molecule has 0 rings (SSSR count). The summed E-state index contributed by atoms with van der Waals surface area (Å²) < 4.78 is 0. The van der Waals surface area contributed by atoms with Crippen molar-refractivity contribution in [1.29, 1.82) is 0 Å². The summed E-state index contributed by atoms with van der Waals surface area (Å²) in [5.41, 5.74) is -0.165. The normalized spacial score (nSPS) is 15.4. The van der Waals surface area contributed by atoms with E-state index in [-0.39, 0.29) is 5.41 Å². The van der Waals surface area contributed by atoms with Gasteiger partial charge >= 0.3 is 0 Å². The second kappa shape index (κ2) is 7.83. The molecule has 0 N–H and O–H groups in total. The van der Waals surface area contributed by atoms with Gasteiger partial charge in [-0.2, -0.15) is 0 Å². The molecule has 1 atom stereocenters. The number of carbonyl (C=O) groups is 1. The molecule has 0 aromatic rings. The molecule has 0 heterocycles. The molecule has 0 radical (unpaired) electrons. The van der Waals surface area contributed by atoms with E-state index in [0.29, 0.717) is 0 Å². The highest BCUT2D eigenvalue weighted by Gasteiger charge is 2.24. The second-order valence-electron chi connectivity index (χ2n) is 5.14. The van der Waals surface area contributed by atoms with Crippen LogP contribution in [0, 0.1) is 11.3 Å². The van der Waals surface area contributed by atoms with Crippen molar-refractivity contribution in [1.82, 2.24) is 4.90 Å². The molecule has 2 nitrogen and oxygen atoms in total. The maximum Gasteiger partial charge on any atom is 0.127 e. The number of aldehydes is 1. The molecule has 96 valence electrons. The Bertz CT molecular complexity index is 189. The zero-order valence-electron chi connectivity index (χ0n) is 11.8. The fourth-order valence-electron chi connectivity index (χ4n) is 1.96. The lowest BCUT2D eigenvalue weighted by Crippen LogP contribution is -2.39. The maximum atomic E-state index is 11.1. The van der Waals surface area contributed by atoms with Crippen LogP contribution in [-0.2, 0) is 4.79 Å². The Morgan fingerprint density at radius 2 is 1.75 bits per heavy atom. The van der Waals surface area contributed by atoms with E-state index >= 15 is 0 Å². The van der Waals surface area contributed by atoms with Crippen LogP contribution >= 0.6 is 0 Å². The molecule has 0 saturated carbocycles. The van der Waals surface area contributed by atoms with Crippen molar-refractivity contribution < 1.29 is 4.79 Å². The molecular formula is C14H29NO. The predicted octanol–water partition coefficient (Wildman–Crippen LogP) is 3.36. The largest absolute Gasteiger partial charge is 0.303 e. The van der Waals surface area contributed by atoms with Crippen LogP contribution in [0.4, 0.5) is 0 Å². The standard InChI is InChI=1S/C14H29NO/c1-6-13(7-2)10-15(9-4)11-14(5,8-3)12-16/h12-13H,6-11H2,1-5H3. The topological polar surface area (TPSA) is 20.3 Å². The fraction of sp³-hybridized carbons (Fsp3) is 0.929. The minimum atomic E-state index is -0.165. The summed E-state index contributed by atoms with van der Waals surface area (Å²) >= 11 is 0. The third-order valence-electron chi connectivity index (χ3n) is 3.80. The van der Waals surface area contributed by atoms with Crippen LogP contribution in [0.3, 0.4) is 0 Å². The van der Waals surface area contributed by atoms with Gasteiger partial charge < -0.3 is 9.69 Å². The summed E-state index contributed by atoms with van der Waals surface area (Å²) in [6.07, 6.45) is 4.52.